The molecule has 3 nitrogen and oxygen atoms in total. The van der Waals surface area contributed by atoms with Crippen molar-refractivity contribution in [3.8, 4) is 0 Å². The molecule has 24 heavy (non-hydrogen) atoms. The smallest absolute Gasteiger partial charge is 0.261 e. The van der Waals surface area contributed by atoms with Crippen molar-refractivity contribution in [1.29, 1.82) is 0 Å². The number of carbonyl (C=O) groups excluding carboxylic acids is 1. The quantitative estimate of drug-likeness (QED) is 0.636. The van der Waals surface area contributed by atoms with E-state index in [1.54, 1.807) is 0 Å². The van der Waals surface area contributed by atoms with Crippen molar-refractivity contribution in [2.75, 3.05) is 6.54 Å². The summed E-state index contributed by atoms with van der Waals surface area (Å²) in [5.41, 5.74) is 1.19. The summed E-state index contributed by atoms with van der Waals surface area (Å²) in [4.78, 5) is 13.5. The van der Waals surface area contributed by atoms with Gasteiger partial charge in [-0.25, -0.2) is 0 Å². The van der Waals surface area contributed by atoms with Crippen LogP contribution in [0.15, 0.2) is 44.7 Å². The number of halogens is 3. The van der Waals surface area contributed by atoms with Gasteiger partial charge in [-0.1, -0.05) is 30.3 Å². The van der Waals surface area contributed by atoms with Crippen molar-refractivity contribution in [2.45, 2.75) is 24.4 Å². The molecule has 1 saturated carbocycles. The molecule has 1 unspecified atom stereocenters. The summed E-state index contributed by atoms with van der Waals surface area (Å²) in [7, 11) is 0. The number of benzene rings is 1. The molecule has 1 aromatic carbocycles. The molecular formula is C17H17Br2ClN2OS. The van der Waals surface area contributed by atoms with Crippen LogP contribution in [0.5, 0.6) is 0 Å². The lowest BCUT2D eigenvalue weighted by Gasteiger charge is -2.44. The van der Waals surface area contributed by atoms with Crippen molar-refractivity contribution in [2.24, 2.45) is 5.92 Å². The first-order valence-electron chi connectivity index (χ1n) is 7.63. The molecule has 3 heterocycles. The van der Waals surface area contributed by atoms with E-state index in [2.05, 4.69) is 54.6 Å². The molecule has 2 saturated heterocycles. The van der Waals surface area contributed by atoms with Gasteiger partial charge in [-0.15, -0.1) is 23.7 Å². The minimum atomic E-state index is -0.0122. The first-order valence-corrected chi connectivity index (χ1v) is 10.0. The van der Waals surface area contributed by atoms with Gasteiger partial charge in [-0.3, -0.25) is 4.79 Å². The van der Waals surface area contributed by atoms with Crippen LogP contribution in [0, 0.1) is 5.92 Å². The highest BCUT2D eigenvalue weighted by molar-refractivity contribution is 9.13. The van der Waals surface area contributed by atoms with Crippen LogP contribution in [0.25, 0.3) is 0 Å². The minimum Gasteiger partial charge on any atom is -0.343 e. The molecule has 2 bridgehead atoms. The fourth-order valence-electron chi connectivity index (χ4n) is 3.79. The van der Waals surface area contributed by atoms with Crippen molar-refractivity contribution >= 4 is 61.5 Å². The lowest BCUT2D eigenvalue weighted by Crippen LogP contribution is -2.54. The molecule has 1 amide bonds. The second kappa shape index (κ2) is 7.08. The Morgan fingerprint density at radius 3 is 2.54 bits per heavy atom. The van der Waals surface area contributed by atoms with Crippen molar-refractivity contribution in [3.63, 3.8) is 0 Å². The Labute approximate surface area is 168 Å². The molecule has 5 rings (SSSR count). The summed E-state index contributed by atoms with van der Waals surface area (Å²) >= 11 is 8.36. The Bertz CT molecular complexity index is 721. The fourth-order valence-corrected chi connectivity index (χ4v) is 5.73. The predicted octanol–water partition coefficient (Wildman–Crippen LogP) is 4.92. The van der Waals surface area contributed by atoms with Gasteiger partial charge in [0.25, 0.3) is 5.91 Å². The molecule has 0 radical (unpaired) electrons. The van der Waals surface area contributed by atoms with Gasteiger partial charge < -0.3 is 10.6 Å². The van der Waals surface area contributed by atoms with Gasteiger partial charge in [0.05, 0.1) is 14.7 Å². The number of carbonyl (C=O) groups is 1. The average molecular weight is 493 g/mol. The number of thiophene rings is 1. The molecule has 1 aliphatic carbocycles. The SMILES string of the molecule is Cl.O=C(NC(c1ccccc1)C12CC(CN1)C2)c1cc(Br)c(Br)s1. The Morgan fingerprint density at radius 1 is 1.29 bits per heavy atom. The van der Waals surface area contributed by atoms with Crippen LogP contribution in [0.2, 0.25) is 0 Å². The molecule has 1 atom stereocenters. The maximum atomic E-state index is 12.7. The summed E-state index contributed by atoms with van der Waals surface area (Å²) in [5, 5.41) is 6.93. The molecule has 7 heteroatoms. The second-order valence-corrected chi connectivity index (χ2v) is 9.59. The van der Waals surface area contributed by atoms with E-state index in [0.717, 1.165) is 38.4 Å². The fraction of sp³-hybridized carbons (Fsp3) is 0.353. The highest BCUT2D eigenvalue weighted by Crippen LogP contribution is 2.50. The summed E-state index contributed by atoms with van der Waals surface area (Å²) in [6.07, 6.45) is 2.29. The first-order chi connectivity index (χ1) is 11.1. The van der Waals surface area contributed by atoms with Crippen LogP contribution in [-0.4, -0.2) is 18.0 Å². The highest BCUT2D eigenvalue weighted by Gasteiger charge is 2.55. The van der Waals surface area contributed by atoms with Crippen LogP contribution >= 0.6 is 55.6 Å². The van der Waals surface area contributed by atoms with Crippen molar-refractivity contribution < 1.29 is 4.79 Å². The average Bonchev–Trinajstić information content (AvgIpc) is 3.21. The maximum Gasteiger partial charge on any atom is 0.261 e. The second-order valence-electron chi connectivity index (χ2n) is 6.36. The van der Waals surface area contributed by atoms with Crippen molar-refractivity contribution in [3.05, 3.63) is 55.1 Å². The summed E-state index contributed by atoms with van der Waals surface area (Å²) in [6, 6.07) is 12.2. The molecule has 3 aliphatic rings. The summed E-state index contributed by atoms with van der Waals surface area (Å²) in [5.74, 6) is 0.755. The van der Waals surface area contributed by atoms with Gasteiger partial charge in [-0.2, -0.15) is 0 Å². The van der Waals surface area contributed by atoms with Gasteiger partial charge in [0.2, 0.25) is 0 Å². The van der Waals surface area contributed by atoms with Crippen LogP contribution in [0.1, 0.15) is 34.1 Å². The number of hydrogen-bond acceptors (Lipinski definition) is 3. The number of nitrogens with one attached hydrogen (secondary N) is 2. The van der Waals surface area contributed by atoms with E-state index in [1.807, 2.05) is 24.3 Å². The Balaban J connectivity index is 0.00000169. The minimum absolute atomic E-state index is 0. The van der Waals surface area contributed by atoms with Gasteiger partial charge >= 0.3 is 0 Å². The Morgan fingerprint density at radius 2 is 2.00 bits per heavy atom. The monoisotopic (exact) mass is 490 g/mol. The van der Waals surface area contributed by atoms with E-state index in [9.17, 15) is 4.79 Å². The van der Waals surface area contributed by atoms with E-state index >= 15 is 0 Å². The third-order valence-corrected chi connectivity index (χ3v) is 8.13. The van der Waals surface area contributed by atoms with Gasteiger partial charge in [-0.05, 0) is 68.8 Å². The number of amides is 1. The van der Waals surface area contributed by atoms with Crippen LogP contribution in [0.3, 0.4) is 0 Å². The third kappa shape index (κ3) is 3.19. The van der Waals surface area contributed by atoms with Crippen LogP contribution in [-0.2, 0) is 0 Å². The van der Waals surface area contributed by atoms with E-state index in [4.69, 9.17) is 0 Å². The molecule has 3 fully saturated rings. The topological polar surface area (TPSA) is 41.1 Å². The van der Waals surface area contributed by atoms with E-state index in [1.165, 1.54) is 16.9 Å². The zero-order valence-corrected chi connectivity index (χ0v) is 17.5. The van der Waals surface area contributed by atoms with Crippen LogP contribution < -0.4 is 10.6 Å². The molecule has 1 aromatic heterocycles. The van der Waals surface area contributed by atoms with E-state index in [0.29, 0.717) is 0 Å². The molecule has 0 spiro atoms. The standard InChI is InChI=1S/C17H16Br2N2OS.ClH/c18-12-6-13(23-15(12)19)16(22)21-14(11-4-2-1-3-5-11)17-7-10(8-17)9-20-17;/h1-6,10,14,20H,7-9H2,(H,21,22);1H. The molecule has 2 N–H and O–H groups in total. The van der Waals surface area contributed by atoms with E-state index in [-0.39, 0.29) is 29.9 Å². The molecule has 128 valence electrons. The Kier molecular flexibility index (Phi) is 5.42. The zero-order chi connectivity index (χ0) is 16.0. The van der Waals surface area contributed by atoms with Gasteiger partial charge in [0.15, 0.2) is 0 Å². The van der Waals surface area contributed by atoms with E-state index < -0.39 is 0 Å². The number of fused-ring (bicyclic) bond motifs is 1. The molecular weight excluding hydrogens is 476 g/mol. The zero-order valence-electron chi connectivity index (χ0n) is 12.7. The lowest BCUT2D eigenvalue weighted by molar-refractivity contribution is 0.0867. The third-order valence-electron chi connectivity index (χ3n) is 4.88. The maximum absolute atomic E-state index is 12.7. The highest BCUT2D eigenvalue weighted by atomic mass is 79.9. The van der Waals surface area contributed by atoms with Gasteiger partial charge in [0, 0.05) is 10.0 Å². The largest absolute Gasteiger partial charge is 0.343 e. The molecule has 2 aromatic rings. The Hall–Kier alpha value is -0.400. The summed E-state index contributed by atoms with van der Waals surface area (Å²) in [6.45, 7) is 1.06. The summed E-state index contributed by atoms with van der Waals surface area (Å²) < 4.78 is 1.87. The molecule has 2 aliphatic heterocycles. The first kappa shape index (κ1) is 18.4. The van der Waals surface area contributed by atoms with Gasteiger partial charge in [0.1, 0.15) is 0 Å². The normalized spacial score (nSPS) is 25.5. The predicted molar refractivity (Wildman–Crippen MR) is 107 cm³/mol. The van der Waals surface area contributed by atoms with Crippen molar-refractivity contribution in [1.82, 2.24) is 10.6 Å². The lowest BCUT2D eigenvalue weighted by atomic mass is 9.67. The number of rotatable bonds is 4. The number of hydrogen-bond donors (Lipinski definition) is 2. The van der Waals surface area contributed by atoms with Crippen LogP contribution in [0.4, 0.5) is 0 Å².